The van der Waals surface area contributed by atoms with E-state index >= 15 is 0 Å². The van der Waals surface area contributed by atoms with Crippen molar-refractivity contribution in [3.63, 3.8) is 0 Å². The molecule has 4 rings (SSSR count). The summed E-state index contributed by atoms with van der Waals surface area (Å²) in [4.78, 5) is 17.1. The molecule has 24 heavy (non-hydrogen) atoms. The lowest BCUT2D eigenvalue weighted by molar-refractivity contribution is 0.0751. The van der Waals surface area contributed by atoms with E-state index in [2.05, 4.69) is 10.1 Å². The molecule has 5 nitrogen and oxygen atoms in total. The molecule has 0 atom stereocenters. The van der Waals surface area contributed by atoms with Gasteiger partial charge in [-0.3, -0.25) is 4.79 Å². The summed E-state index contributed by atoms with van der Waals surface area (Å²) in [5.41, 5.74) is 1.35. The van der Waals surface area contributed by atoms with Crippen molar-refractivity contribution >= 4 is 5.91 Å². The molecular formula is C19H23N3O2. The van der Waals surface area contributed by atoms with Crippen LogP contribution < -0.4 is 0 Å². The molecule has 2 heterocycles. The molecule has 1 aromatic heterocycles. The van der Waals surface area contributed by atoms with Crippen molar-refractivity contribution in [2.75, 3.05) is 32.7 Å². The van der Waals surface area contributed by atoms with E-state index in [-0.39, 0.29) is 5.91 Å². The Hall–Kier alpha value is -2.14. The van der Waals surface area contributed by atoms with Crippen LogP contribution in [0.4, 0.5) is 0 Å². The Labute approximate surface area is 142 Å². The highest BCUT2D eigenvalue weighted by molar-refractivity contribution is 5.93. The smallest absolute Gasteiger partial charge is 0.276 e. The standard InChI is InChI=1S/C19H23N3O2/c23-19(17-13-18(24-20-17)16-5-2-1-3-6-16)22-10-4-9-21(11-12-22)14-15-7-8-15/h1-3,5-6,13,15H,4,7-12,14H2. The van der Waals surface area contributed by atoms with Crippen LogP contribution in [0.25, 0.3) is 11.3 Å². The molecule has 0 radical (unpaired) electrons. The third-order valence-electron chi connectivity index (χ3n) is 4.88. The summed E-state index contributed by atoms with van der Waals surface area (Å²) >= 11 is 0. The second-order valence-electron chi connectivity index (χ2n) is 6.83. The first kappa shape index (κ1) is 15.4. The van der Waals surface area contributed by atoms with Crippen LogP contribution in [-0.2, 0) is 0 Å². The van der Waals surface area contributed by atoms with Crippen molar-refractivity contribution in [1.29, 1.82) is 0 Å². The topological polar surface area (TPSA) is 49.6 Å². The number of carbonyl (C=O) groups is 1. The van der Waals surface area contributed by atoms with Crippen LogP contribution in [0.15, 0.2) is 40.9 Å². The molecule has 2 aliphatic rings. The SMILES string of the molecule is O=C(c1cc(-c2ccccc2)on1)N1CCCN(CC2CC2)CC1. The summed E-state index contributed by atoms with van der Waals surface area (Å²) in [5, 5.41) is 4.00. The fourth-order valence-electron chi connectivity index (χ4n) is 3.30. The Morgan fingerprint density at radius 1 is 1.12 bits per heavy atom. The Kier molecular flexibility index (Phi) is 4.34. The predicted octanol–water partition coefficient (Wildman–Crippen LogP) is 2.90. The summed E-state index contributed by atoms with van der Waals surface area (Å²) < 4.78 is 5.37. The fourth-order valence-corrected chi connectivity index (χ4v) is 3.30. The van der Waals surface area contributed by atoms with Gasteiger partial charge >= 0.3 is 0 Å². The van der Waals surface area contributed by atoms with Crippen molar-refractivity contribution in [2.45, 2.75) is 19.3 Å². The normalized spacial score (nSPS) is 19.2. The number of aromatic nitrogens is 1. The van der Waals surface area contributed by atoms with Gasteiger partial charge in [0, 0.05) is 37.8 Å². The van der Waals surface area contributed by atoms with Gasteiger partial charge in [0.15, 0.2) is 11.5 Å². The van der Waals surface area contributed by atoms with Gasteiger partial charge in [0.25, 0.3) is 5.91 Å². The van der Waals surface area contributed by atoms with Crippen LogP contribution in [0.3, 0.4) is 0 Å². The first-order valence-electron chi connectivity index (χ1n) is 8.83. The zero-order valence-electron chi connectivity index (χ0n) is 13.9. The minimum Gasteiger partial charge on any atom is -0.355 e. The molecule has 0 N–H and O–H groups in total. The third kappa shape index (κ3) is 3.51. The largest absolute Gasteiger partial charge is 0.355 e. The maximum Gasteiger partial charge on any atom is 0.276 e. The molecule has 0 unspecified atom stereocenters. The zero-order valence-corrected chi connectivity index (χ0v) is 13.9. The van der Waals surface area contributed by atoms with Crippen molar-refractivity contribution in [1.82, 2.24) is 15.0 Å². The van der Waals surface area contributed by atoms with E-state index in [0.717, 1.165) is 44.1 Å². The average molecular weight is 325 g/mol. The number of carbonyl (C=O) groups excluding carboxylic acids is 1. The Morgan fingerprint density at radius 2 is 1.96 bits per heavy atom. The van der Waals surface area contributed by atoms with E-state index in [1.54, 1.807) is 6.07 Å². The monoisotopic (exact) mass is 325 g/mol. The average Bonchev–Trinajstić information content (AvgIpc) is 3.35. The number of hydrogen-bond acceptors (Lipinski definition) is 4. The van der Waals surface area contributed by atoms with Gasteiger partial charge in [-0.15, -0.1) is 0 Å². The number of amides is 1. The van der Waals surface area contributed by atoms with Crippen LogP contribution in [0.5, 0.6) is 0 Å². The minimum absolute atomic E-state index is 0.0193. The van der Waals surface area contributed by atoms with Gasteiger partial charge in [-0.25, -0.2) is 0 Å². The van der Waals surface area contributed by atoms with Crippen LogP contribution in [-0.4, -0.2) is 53.6 Å². The van der Waals surface area contributed by atoms with E-state index in [1.807, 2.05) is 35.2 Å². The van der Waals surface area contributed by atoms with Crippen LogP contribution in [0.2, 0.25) is 0 Å². The molecule has 0 spiro atoms. The second-order valence-corrected chi connectivity index (χ2v) is 6.83. The lowest BCUT2D eigenvalue weighted by Gasteiger charge is -2.21. The summed E-state index contributed by atoms with van der Waals surface area (Å²) in [6.07, 6.45) is 3.78. The summed E-state index contributed by atoms with van der Waals surface area (Å²) in [7, 11) is 0. The molecule has 2 fully saturated rings. The predicted molar refractivity (Wildman–Crippen MR) is 91.6 cm³/mol. The Bertz CT molecular complexity index is 694. The van der Waals surface area contributed by atoms with Gasteiger partial charge in [-0.2, -0.15) is 0 Å². The third-order valence-corrected chi connectivity index (χ3v) is 4.88. The summed E-state index contributed by atoms with van der Waals surface area (Å²) in [5.74, 6) is 1.52. The first-order valence-corrected chi connectivity index (χ1v) is 8.83. The molecule has 5 heteroatoms. The van der Waals surface area contributed by atoms with Crippen molar-refractivity contribution in [3.05, 3.63) is 42.1 Å². The van der Waals surface area contributed by atoms with Gasteiger partial charge in [0.2, 0.25) is 0 Å². The quantitative estimate of drug-likeness (QED) is 0.867. The summed E-state index contributed by atoms with van der Waals surface area (Å²) in [6, 6.07) is 11.5. The van der Waals surface area contributed by atoms with Gasteiger partial charge in [0.05, 0.1) is 0 Å². The lowest BCUT2D eigenvalue weighted by Crippen LogP contribution is -2.35. The molecule has 1 saturated carbocycles. The highest BCUT2D eigenvalue weighted by atomic mass is 16.5. The highest BCUT2D eigenvalue weighted by Crippen LogP contribution is 2.30. The van der Waals surface area contributed by atoms with E-state index in [9.17, 15) is 4.79 Å². The lowest BCUT2D eigenvalue weighted by atomic mass is 10.1. The van der Waals surface area contributed by atoms with Crippen molar-refractivity contribution in [3.8, 4) is 11.3 Å². The summed E-state index contributed by atoms with van der Waals surface area (Å²) in [6.45, 7) is 4.83. The molecule has 0 bridgehead atoms. The van der Waals surface area contributed by atoms with Crippen molar-refractivity contribution < 1.29 is 9.32 Å². The fraction of sp³-hybridized carbons (Fsp3) is 0.474. The van der Waals surface area contributed by atoms with Gasteiger partial charge < -0.3 is 14.3 Å². The highest BCUT2D eigenvalue weighted by Gasteiger charge is 2.27. The van der Waals surface area contributed by atoms with Crippen molar-refractivity contribution in [2.24, 2.45) is 5.92 Å². The number of benzene rings is 1. The van der Waals surface area contributed by atoms with E-state index in [1.165, 1.54) is 19.4 Å². The van der Waals surface area contributed by atoms with Crippen LogP contribution >= 0.6 is 0 Å². The first-order chi connectivity index (χ1) is 11.8. The van der Waals surface area contributed by atoms with E-state index < -0.39 is 0 Å². The number of hydrogen-bond donors (Lipinski definition) is 0. The molecule has 1 aromatic carbocycles. The molecule has 1 aliphatic heterocycles. The number of rotatable bonds is 4. The Balaban J connectivity index is 1.41. The number of nitrogens with zero attached hydrogens (tertiary/aromatic N) is 3. The van der Waals surface area contributed by atoms with Gasteiger partial charge in [-0.1, -0.05) is 35.5 Å². The molecule has 1 amide bonds. The van der Waals surface area contributed by atoms with Crippen LogP contribution in [0, 0.1) is 5.92 Å². The molecule has 2 aromatic rings. The molecule has 126 valence electrons. The zero-order chi connectivity index (χ0) is 16.4. The molecule has 1 aliphatic carbocycles. The van der Waals surface area contributed by atoms with E-state index in [4.69, 9.17) is 4.52 Å². The minimum atomic E-state index is -0.0193. The van der Waals surface area contributed by atoms with E-state index in [0.29, 0.717) is 11.5 Å². The van der Waals surface area contributed by atoms with Crippen LogP contribution in [0.1, 0.15) is 29.8 Å². The maximum absolute atomic E-state index is 12.7. The Morgan fingerprint density at radius 3 is 2.75 bits per heavy atom. The second kappa shape index (κ2) is 6.77. The molecule has 1 saturated heterocycles. The maximum atomic E-state index is 12.7. The molecular weight excluding hydrogens is 302 g/mol. The van der Waals surface area contributed by atoms with Gasteiger partial charge in [-0.05, 0) is 31.7 Å². The van der Waals surface area contributed by atoms with Gasteiger partial charge in [0.1, 0.15) is 0 Å².